The topological polar surface area (TPSA) is 38.7 Å². The van der Waals surface area contributed by atoms with Gasteiger partial charge in [0.1, 0.15) is 0 Å². The maximum absolute atomic E-state index is 8.59. The van der Waals surface area contributed by atoms with Crippen molar-refractivity contribution in [3.63, 3.8) is 0 Å². The maximum Gasteiger partial charge on any atom is 0.494 e. The third-order valence-corrected chi connectivity index (χ3v) is 3.22. The van der Waals surface area contributed by atoms with Crippen molar-refractivity contribution < 1.29 is 14.4 Å². The second-order valence-corrected chi connectivity index (χ2v) is 5.13. The lowest BCUT2D eigenvalue weighted by Crippen LogP contribution is -2.41. The van der Waals surface area contributed by atoms with Crippen molar-refractivity contribution in [3.05, 3.63) is 36.4 Å². The Morgan fingerprint density at radius 2 is 1.71 bits per heavy atom. The molecule has 0 unspecified atom stereocenters. The molecule has 0 aliphatic carbocycles. The highest BCUT2D eigenvalue weighted by molar-refractivity contribution is 6.55. The van der Waals surface area contributed by atoms with E-state index in [1.807, 2.05) is 39.8 Å². The van der Waals surface area contributed by atoms with Crippen molar-refractivity contribution >= 4 is 7.12 Å². The van der Waals surface area contributed by atoms with Crippen LogP contribution < -0.4 is 0 Å². The maximum atomic E-state index is 8.59. The number of hydrogen-bond acceptors (Lipinski definition) is 3. The standard InChI is InChI=1S/C13H21BO3/c1-11(9-7-6-8-10-15)14-16-12(2,3)13(4,5)17-14/h6-9,15H,1,10H2,2-5H3/b8-6-,9-7-. The Morgan fingerprint density at radius 1 is 1.18 bits per heavy atom. The second kappa shape index (κ2) is 5.21. The summed E-state index contributed by atoms with van der Waals surface area (Å²) in [5, 5.41) is 8.59. The van der Waals surface area contributed by atoms with Crippen LogP contribution in [0.25, 0.3) is 0 Å². The molecule has 1 saturated heterocycles. The second-order valence-electron chi connectivity index (χ2n) is 5.13. The number of aliphatic hydroxyl groups is 1. The van der Waals surface area contributed by atoms with Crippen LogP contribution in [0.3, 0.4) is 0 Å². The highest BCUT2D eigenvalue weighted by Crippen LogP contribution is 2.38. The summed E-state index contributed by atoms with van der Waals surface area (Å²) in [4.78, 5) is 0. The molecule has 0 aromatic rings. The molecule has 0 aromatic carbocycles. The van der Waals surface area contributed by atoms with E-state index >= 15 is 0 Å². The Balaban J connectivity index is 2.63. The molecule has 1 aliphatic rings. The van der Waals surface area contributed by atoms with Crippen LogP contribution >= 0.6 is 0 Å². The van der Waals surface area contributed by atoms with Crippen molar-refractivity contribution in [2.45, 2.75) is 38.9 Å². The molecular weight excluding hydrogens is 215 g/mol. The van der Waals surface area contributed by atoms with Gasteiger partial charge in [-0.1, -0.05) is 30.9 Å². The van der Waals surface area contributed by atoms with E-state index in [1.165, 1.54) is 0 Å². The summed E-state index contributed by atoms with van der Waals surface area (Å²) in [5.41, 5.74) is 0.0938. The normalized spacial score (nSPS) is 22.8. The molecule has 3 nitrogen and oxygen atoms in total. The van der Waals surface area contributed by atoms with E-state index in [-0.39, 0.29) is 17.8 Å². The van der Waals surface area contributed by atoms with Crippen LogP contribution in [0.15, 0.2) is 36.4 Å². The summed E-state index contributed by atoms with van der Waals surface area (Å²) in [6.07, 6.45) is 7.04. The first-order valence-electron chi connectivity index (χ1n) is 5.79. The molecule has 1 rings (SSSR count). The molecule has 0 aromatic heterocycles. The van der Waals surface area contributed by atoms with Gasteiger partial charge in [-0.25, -0.2) is 0 Å². The quantitative estimate of drug-likeness (QED) is 0.601. The molecule has 0 bridgehead atoms. The van der Waals surface area contributed by atoms with Crippen LogP contribution in [0.1, 0.15) is 27.7 Å². The van der Waals surface area contributed by atoms with E-state index in [9.17, 15) is 0 Å². The summed E-state index contributed by atoms with van der Waals surface area (Å²) in [7, 11) is -0.404. The minimum absolute atomic E-state index is 0.0350. The van der Waals surface area contributed by atoms with Crippen LogP contribution in [-0.4, -0.2) is 30.0 Å². The van der Waals surface area contributed by atoms with Gasteiger partial charge in [-0.3, -0.25) is 0 Å². The molecule has 94 valence electrons. The van der Waals surface area contributed by atoms with Crippen molar-refractivity contribution in [2.24, 2.45) is 0 Å². The lowest BCUT2D eigenvalue weighted by atomic mass is 9.79. The molecule has 1 aliphatic heterocycles. The van der Waals surface area contributed by atoms with Crippen molar-refractivity contribution in [3.8, 4) is 0 Å². The zero-order valence-corrected chi connectivity index (χ0v) is 11.1. The lowest BCUT2D eigenvalue weighted by molar-refractivity contribution is 0.00578. The highest BCUT2D eigenvalue weighted by Gasteiger charge is 2.51. The smallest absolute Gasteiger partial charge is 0.399 e. The average Bonchev–Trinajstić information content (AvgIpc) is 2.43. The fourth-order valence-electron chi connectivity index (χ4n) is 1.39. The van der Waals surface area contributed by atoms with E-state index in [4.69, 9.17) is 14.4 Å². The third kappa shape index (κ3) is 3.31. The molecule has 0 atom stereocenters. The van der Waals surface area contributed by atoms with Gasteiger partial charge in [0.2, 0.25) is 0 Å². The van der Waals surface area contributed by atoms with E-state index < -0.39 is 7.12 Å². The third-order valence-electron chi connectivity index (χ3n) is 3.22. The molecule has 0 radical (unpaired) electrons. The predicted molar refractivity (Wildman–Crippen MR) is 70.6 cm³/mol. The Hall–Kier alpha value is -0.835. The van der Waals surface area contributed by atoms with Gasteiger partial charge in [-0.05, 0) is 33.2 Å². The van der Waals surface area contributed by atoms with Gasteiger partial charge in [0.15, 0.2) is 0 Å². The Morgan fingerprint density at radius 3 is 2.18 bits per heavy atom. The first kappa shape index (κ1) is 14.2. The van der Waals surface area contributed by atoms with Gasteiger partial charge in [0.05, 0.1) is 17.8 Å². The van der Waals surface area contributed by atoms with Crippen molar-refractivity contribution in [2.75, 3.05) is 6.61 Å². The van der Waals surface area contributed by atoms with E-state index in [2.05, 4.69) is 6.58 Å². The van der Waals surface area contributed by atoms with E-state index in [0.29, 0.717) is 0 Å². The summed E-state index contributed by atoms with van der Waals surface area (Å²) in [5.74, 6) is 0. The fraction of sp³-hybridized carbons (Fsp3) is 0.538. The minimum atomic E-state index is -0.404. The van der Waals surface area contributed by atoms with Crippen molar-refractivity contribution in [1.82, 2.24) is 0 Å². The minimum Gasteiger partial charge on any atom is -0.399 e. The van der Waals surface area contributed by atoms with Crippen LogP contribution in [0.5, 0.6) is 0 Å². The molecule has 4 heteroatoms. The van der Waals surface area contributed by atoms with E-state index in [0.717, 1.165) is 5.47 Å². The largest absolute Gasteiger partial charge is 0.494 e. The molecule has 0 saturated carbocycles. The number of hydrogen-bond donors (Lipinski definition) is 1. The lowest BCUT2D eigenvalue weighted by Gasteiger charge is -2.32. The Kier molecular flexibility index (Phi) is 4.36. The van der Waals surface area contributed by atoms with Gasteiger partial charge in [0.25, 0.3) is 0 Å². The molecular formula is C13H21BO3. The zero-order chi connectivity index (χ0) is 13.1. The highest BCUT2D eigenvalue weighted by atomic mass is 16.7. The molecule has 0 spiro atoms. The Bertz CT molecular complexity index is 327. The Labute approximate surface area is 104 Å². The monoisotopic (exact) mass is 236 g/mol. The fourth-order valence-corrected chi connectivity index (χ4v) is 1.39. The summed E-state index contributed by atoms with van der Waals surface area (Å²) >= 11 is 0. The van der Waals surface area contributed by atoms with Gasteiger partial charge in [-0.15, -0.1) is 0 Å². The van der Waals surface area contributed by atoms with Gasteiger partial charge in [-0.2, -0.15) is 0 Å². The van der Waals surface area contributed by atoms with Gasteiger partial charge >= 0.3 is 7.12 Å². The van der Waals surface area contributed by atoms with Crippen LogP contribution in [0, 0.1) is 0 Å². The van der Waals surface area contributed by atoms with E-state index in [1.54, 1.807) is 12.2 Å². The predicted octanol–water partition coefficient (Wildman–Crippen LogP) is 2.28. The summed E-state index contributed by atoms with van der Waals surface area (Å²) < 4.78 is 11.7. The molecule has 1 N–H and O–H groups in total. The molecule has 17 heavy (non-hydrogen) atoms. The SMILES string of the molecule is C=C(/C=C\C=C/CO)B1OC(C)(C)C(C)(C)O1. The number of aliphatic hydroxyl groups excluding tert-OH is 1. The molecule has 0 amide bonds. The molecule has 1 fully saturated rings. The van der Waals surface area contributed by atoms with Crippen molar-refractivity contribution in [1.29, 1.82) is 0 Å². The zero-order valence-electron chi connectivity index (χ0n) is 11.1. The first-order chi connectivity index (χ1) is 7.80. The van der Waals surface area contributed by atoms with Crippen LogP contribution in [0.2, 0.25) is 0 Å². The van der Waals surface area contributed by atoms with Crippen LogP contribution in [0.4, 0.5) is 0 Å². The summed E-state index contributed by atoms with van der Waals surface area (Å²) in [6, 6.07) is 0. The van der Waals surface area contributed by atoms with Crippen LogP contribution in [-0.2, 0) is 9.31 Å². The van der Waals surface area contributed by atoms with Gasteiger partial charge < -0.3 is 14.4 Å². The van der Waals surface area contributed by atoms with Gasteiger partial charge in [0, 0.05) is 0 Å². The number of rotatable bonds is 4. The average molecular weight is 236 g/mol. The molecule has 1 heterocycles. The summed E-state index contributed by atoms with van der Waals surface area (Å²) in [6.45, 7) is 12.0. The number of allylic oxidation sites excluding steroid dienone is 4. The first-order valence-corrected chi connectivity index (χ1v) is 5.79.